The van der Waals surface area contributed by atoms with Crippen LogP contribution in [0.4, 0.5) is 0 Å². The van der Waals surface area contributed by atoms with Crippen LogP contribution in [0.1, 0.15) is 10.4 Å². The van der Waals surface area contributed by atoms with Gasteiger partial charge in [0.1, 0.15) is 0 Å². The molecule has 0 bridgehead atoms. The van der Waals surface area contributed by atoms with E-state index in [-0.39, 0.29) is 18.7 Å². The van der Waals surface area contributed by atoms with Crippen LogP contribution in [0.25, 0.3) is 0 Å². The maximum Gasteiger partial charge on any atom is 0.328 e. The second-order valence-corrected chi connectivity index (χ2v) is 4.96. The van der Waals surface area contributed by atoms with Crippen LogP contribution >= 0.6 is 23.2 Å². The molecule has 19 heavy (non-hydrogen) atoms. The fraction of sp³-hybridized carbons (Fsp3) is 0.333. The summed E-state index contributed by atoms with van der Waals surface area (Å²) in [5.74, 6) is -1.51. The lowest BCUT2D eigenvalue weighted by atomic mass is 10.1. The molecule has 0 unspecified atom stereocenters. The topological polar surface area (TPSA) is 66.8 Å². The summed E-state index contributed by atoms with van der Waals surface area (Å²) in [6.07, 6.45) is 0. The lowest BCUT2D eigenvalue weighted by Crippen LogP contribution is -2.52. The molecular weight excluding hydrogens is 293 g/mol. The number of carbonyl (C=O) groups excluding carboxylic acids is 1. The summed E-state index contributed by atoms with van der Waals surface area (Å²) in [4.78, 5) is 24.7. The van der Waals surface area contributed by atoms with Crippen molar-refractivity contribution in [2.24, 2.45) is 0 Å². The van der Waals surface area contributed by atoms with E-state index >= 15 is 0 Å². The molecule has 7 heteroatoms. The molecule has 1 amide bonds. The van der Waals surface area contributed by atoms with Gasteiger partial charge in [0.05, 0.1) is 13.2 Å². The van der Waals surface area contributed by atoms with E-state index in [0.717, 1.165) is 0 Å². The Balaban J connectivity index is 2.28. The Bertz CT molecular complexity index is 500. The SMILES string of the molecule is O=C(O)[C@H]1COCCN1C(=O)c1cc(Cl)cc(Cl)c1. The highest BCUT2D eigenvalue weighted by Crippen LogP contribution is 2.21. The van der Waals surface area contributed by atoms with Crippen molar-refractivity contribution in [3.05, 3.63) is 33.8 Å². The molecule has 0 spiro atoms. The molecule has 0 saturated carbocycles. The van der Waals surface area contributed by atoms with E-state index in [1.54, 1.807) is 0 Å². The van der Waals surface area contributed by atoms with Gasteiger partial charge in [-0.2, -0.15) is 0 Å². The Labute approximate surface area is 119 Å². The second kappa shape index (κ2) is 5.77. The summed E-state index contributed by atoms with van der Waals surface area (Å²) in [5.41, 5.74) is 0.269. The average Bonchev–Trinajstić information content (AvgIpc) is 2.36. The minimum absolute atomic E-state index is 0.0185. The fourth-order valence-corrected chi connectivity index (χ4v) is 2.42. The number of carbonyl (C=O) groups is 2. The Kier molecular flexibility index (Phi) is 4.29. The first-order valence-electron chi connectivity index (χ1n) is 5.56. The number of carboxylic acids is 1. The molecule has 102 valence electrons. The van der Waals surface area contributed by atoms with E-state index in [2.05, 4.69) is 0 Å². The van der Waals surface area contributed by atoms with E-state index in [9.17, 15) is 9.59 Å². The van der Waals surface area contributed by atoms with Gasteiger partial charge in [-0.3, -0.25) is 4.79 Å². The van der Waals surface area contributed by atoms with Crippen LogP contribution in [0.2, 0.25) is 10.0 Å². The van der Waals surface area contributed by atoms with Crippen LogP contribution in [-0.4, -0.2) is 47.7 Å². The Morgan fingerprint density at radius 1 is 1.26 bits per heavy atom. The summed E-state index contributed by atoms with van der Waals surface area (Å²) in [7, 11) is 0. The molecule has 1 atom stereocenters. The van der Waals surface area contributed by atoms with Crippen molar-refractivity contribution in [1.82, 2.24) is 4.90 Å². The first-order valence-corrected chi connectivity index (χ1v) is 6.32. The van der Waals surface area contributed by atoms with Gasteiger partial charge in [0.25, 0.3) is 5.91 Å². The van der Waals surface area contributed by atoms with Crippen molar-refractivity contribution in [1.29, 1.82) is 0 Å². The lowest BCUT2D eigenvalue weighted by Gasteiger charge is -2.32. The number of hydrogen-bond donors (Lipinski definition) is 1. The van der Waals surface area contributed by atoms with E-state index < -0.39 is 17.9 Å². The fourth-order valence-electron chi connectivity index (χ4n) is 1.89. The summed E-state index contributed by atoms with van der Waals surface area (Å²) < 4.78 is 5.08. The van der Waals surface area contributed by atoms with Gasteiger partial charge in [-0.25, -0.2) is 4.79 Å². The second-order valence-electron chi connectivity index (χ2n) is 4.09. The number of carboxylic acid groups (broad SMARTS) is 1. The van der Waals surface area contributed by atoms with Crippen molar-refractivity contribution in [3.63, 3.8) is 0 Å². The number of benzene rings is 1. The average molecular weight is 304 g/mol. The molecule has 1 N–H and O–H groups in total. The van der Waals surface area contributed by atoms with Gasteiger partial charge in [-0.15, -0.1) is 0 Å². The van der Waals surface area contributed by atoms with Crippen LogP contribution in [0.5, 0.6) is 0 Å². The van der Waals surface area contributed by atoms with Crippen molar-refractivity contribution in [2.45, 2.75) is 6.04 Å². The standard InChI is InChI=1S/C12H11Cl2NO4/c13-8-3-7(4-9(14)5-8)11(16)15-1-2-19-6-10(15)12(17)18/h3-5,10H,1-2,6H2,(H,17,18)/t10-/m1/s1. The minimum atomic E-state index is -1.10. The molecule has 0 aromatic heterocycles. The molecule has 1 aromatic rings. The maximum atomic E-state index is 12.3. The zero-order valence-corrected chi connectivity index (χ0v) is 11.3. The Morgan fingerprint density at radius 2 is 1.89 bits per heavy atom. The van der Waals surface area contributed by atoms with Gasteiger partial charge in [0.15, 0.2) is 6.04 Å². The minimum Gasteiger partial charge on any atom is -0.480 e. The number of aliphatic carboxylic acids is 1. The summed E-state index contributed by atoms with van der Waals surface area (Å²) in [5, 5.41) is 9.75. The quantitative estimate of drug-likeness (QED) is 0.906. The third-order valence-corrected chi connectivity index (χ3v) is 3.22. The Morgan fingerprint density at radius 3 is 2.47 bits per heavy atom. The molecule has 0 aliphatic carbocycles. The zero-order valence-electron chi connectivity index (χ0n) is 9.81. The highest BCUT2D eigenvalue weighted by Gasteiger charge is 2.33. The van der Waals surface area contributed by atoms with Crippen molar-refractivity contribution in [2.75, 3.05) is 19.8 Å². The largest absolute Gasteiger partial charge is 0.480 e. The number of rotatable bonds is 2. The molecule has 1 fully saturated rings. The van der Waals surface area contributed by atoms with Crippen LogP contribution in [0.15, 0.2) is 18.2 Å². The van der Waals surface area contributed by atoms with Crippen LogP contribution in [0, 0.1) is 0 Å². The monoisotopic (exact) mass is 303 g/mol. The molecule has 1 saturated heterocycles. The molecule has 0 radical (unpaired) electrons. The van der Waals surface area contributed by atoms with Crippen molar-refractivity contribution < 1.29 is 19.4 Å². The maximum absolute atomic E-state index is 12.3. The molecule has 5 nitrogen and oxygen atoms in total. The number of ether oxygens (including phenoxy) is 1. The molecule has 1 aliphatic heterocycles. The number of morpholine rings is 1. The number of nitrogens with zero attached hydrogens (tertiary/aromatic N) is 1. The van der Waals surface area contributed by atoms with E-state index in [4.69, 9.17) is 33.0 Å². The highest BCUT2D eigenvalue weighted by atomic mass is 35.5. The van der Waals surface area contributed by atoms with Crippen LogP contribution in [-0.2, 0) is 9.53 Å². The molecular formula is C12H11Cl2NO4. The van der Waals surface area contributed by atoms with Crippen LogP contribution < -0.4 is 0 Å². The van der Waals surface area contributed by atoms with Crippen molar-refractivity contribution >= 4 is 35.1 Å². The Hall–Kier alpha value is -1.30. The first-order chi connectivity index (χ1) is 8.99. The van der Waals surface area contributed by atoms with Gasteiger partial charge in [0.2, 0.25) is 0 Å². The zero-order chi connectivity index (χ0) is 14.0. The van der Waals surface area contributed by atoms with Crippen molar-refractivity contribution in [3.8, 4) is 0 Å². The third-order valence-electron chi connectivity index (χ3n) is 2.78. The molecule has 2 rings (SSSR count). The third kappa shape index (κ3) is 3.18. The summed E-state index contributed by atoms with van der Waals surface area (Å²) in [6, 6.07) is 3.45. The molecule has 1 aromatic carbocycles. The van der Waals surface area contributed by atoms with Crippen LogP contribution in [0.3, 0.4) is 0 Å². The van der Waals surface area contributed by atoms with Gasteiger partial charge in [-0.1, -0.05) is 23.2 Å². The van der Waals surface area contributed by atoms with Gasteiger partial charge >= 0.3 is 5.97 Å². The predicted molar refractivity (Wildman–Crippen MR) is 69.7 cm³/mol. The predicted octanol–water partition coefficient (Wildman–Crippen LogP) is 1.92. The lowest BCUT2D eigenvalue weighted by molar-refractivity contribution is -0.147. The van der Waals surface area contributed by atoms with E-state index in [1.165, 1.54) is 23.1 Å². The van der Waals surface area contributed by atoms with Gasteiger partial charge in [-0.05, 0) is 18.2 Å². The van der Waals surface area contributed by atoms with E-state index in [1.807, 2.05) is 0 Å². The normalized spacial score (nSPS) is 19.3. The highest BCUT2D eigenvalue weighted by molar-refractivity contribution is 6.35. The summed E-state index contributed by atoms with van der Waals surface area (Å²) in [6.45, 7) is 0.513. The number of hydrogen-bond acceptors (Lipinski definition) is 3. The molecule has 1 heterocycles. The van der Waals surface area contributed by atoms with E-state index in [0.29, 0.717) is 16.7 Å². The number of halogens is 2. The van der Waals surface area contributed by atoms with Gasteiger partial charge < -0.3 is 14.7 Å². The number of amides is 1. The summed E-state index contributed by atoms with van der Waals surface area (Å²) >= 11 is 11.7. The smallest absolute Gasteiger partial charge is 0.328 e. The molecule has 1 aliphatic rings. The van der Waals surface area contributed by atoms with Gasteiger partial charge in [0, 0.05) is 22.2 Å². The first kappa shape index (κ1) is 14.1.